The zero-order valence-electron chi connectivity index (χ0n) is 13.2. The van der Waals surface area contributed by atoms with Crippen LogP contribution in [-0.4, -0.2) is 21.9 Å². The number of carbonyl (C=O) groups excluding carboxylic acids is 2. The molecule has 0 bridgehead atoms. The maximum atomic E-state index is 12.6. The van der Waals surface area contributed by atoms with E-state index in [1.807, 2.05) is 76.4 Å². The maximum absolute atomic E-state index is 12.6. The van der Waals surface area contributed by atoms with Crippen LogP contribution in [0.1, 0.15) is 16.7 Å². The van der Waals surface area contributed by atoms with E-state index < -0.39 is 6.03 Å². The molecule has 1 aliphatic heterocycles. The van der Waals surface area contributed by atoms with Crippen LogP contribution in [0.4, 0.5) is 4.79 Å². The zero-order chi connectivity index (χ0) is 18.1. The van der Waals surface area contributed by atoms with Crippen LogP contribution in [0.15, 0.2) is 42.1 Å². The number of aromatic hydroxyl groups is 1. The van der Waals surface area contributed by atoms with E-state index in [1.54, 1.807) is 18.2 Å². The van der Waals surface area contributed by atoms with E-state index in [-0.39, 0.29) is 23.9 Å². The molecule has 128 valence electrons. The first kappa shape index (κ1) is 18.2. The Balaban J connectivity index is 1.86. The minimum atomic E-state index is -0.430. The minimum absolute atomic E-state index is 0.214. The largest absolute Gasteiger partial charge is 0.506 e. The summed E-state index contributed by atoms with van der Waals surface area (Å²) in [5, 5.41) is 12.5. The van der Waals surface area contributed by atoms with Gasteiger partial charge in [-0.2, -0.15) is 0 Å². The number of benzene rings is 2. The summed E-state index contributed by atoms with van der Waals surface area (Å²) in [7, 11) is 0. The van der Waals surface area contributed by atoms with Crippen molar-refractivity contribution in [2.45, 2.75) is 13.5 Å². The van der Waals surface area contributed by atoms with Crippen LogP contribution in [0.5, 0.6) is 5.75 Å². The molecule has 5 nitrogen and oxygen atoms in total. The SMILES string of the molecule is Cc1cccc(CN2C(=O)N/C(=C/c3cc(I)c(O)c(I)c3)C2=O)c1. The van der Waals surface area contributed by atoms with E-state index in [1.165, 1.54) is 4.90 Å². The smallest absolute Gasteiger partial charge is 0.329 e. The lowest BCUT2D eigenvalue weighted by Crippen LogP contribution is -2.30. The zero-order valence-corrected chi connectivity index (χ0v) is 17.5. The molecule has 3 amide bonds. The number of phenolic OH excluding ortho intramolecular Hbond substituents is 1. The molecule has 0 atom stereocenters. The summed E-state index contributed by atoms with van der Waals surface area (Å²) < 4.78 is 1.37. The lowest BCUT2D eigenvalue weighted by molar-refractivity contribution is -0.123. The second-order valence-electron chi connectivity index (χ2n) is 5.70. The van der Waals surface area contributed by atoms with Crippen molar-refractivity contribution in [2.75, 3.05) is 0 Å². The molecule has 0 saturated carbocycles. The van der Waals surface area contributed by atoms with Gasteiger partial charge in [-0.15, -0.1) is 0 Å². The number of halogens is 2. The van der Waals surface area contributed by atoms with E-state index in [0.717, 1.165) is 16.7 Å². The Hall–Kier alpha value is -1.62. The van der Waals surface area contributed by atoms with E-state index >= 15 is 0 Å². The normalized spacial score (nSPS) is 15.8. The fourth-order valence-electron chi connectivity index (χ4n) is 2.54. The van der Waals surface area contributed by atoms with Gasteiger partial charge in [0.15, 0.2) is 0 Å². The van der Waals surface area contributed by atoms with Crippen molar-refractivity contribution < 1.29 is 14.7 Å². The molecule has 2 aromatic carbocycles. The number of nitrogens with zero attached hydrogens (tertiary/aromatic N) is 1. The molecule has 7 heteroatoms. The first-order chi connectivity index (χ1) is 11.8. The second kappa shape index (κ2) is 7.32. The monoisotopic (exact) mass is 560 g/mol. The van der Waals surface area contributed by atoms with Crippen LogP contribution in [0.2, 0.25) is 0 Å². The second-order valence-corrected chi connectivity index (χ2v) is 8.03. The van der Waals surface area contributed by atoms with Gasteiger partial charge < -0.3 is 10.4 Å². The Labute approximate surface area is 172 Å². The average molecular weight is 560 g/mol. The predicted octanol–water partition coefficient (Wildman–Crippen LogP) is 4.00. The van der Waals surface area contributed by atoms with Gasteiger partial charge in [-0.1, -0.05) is 29.8 Å². The summed E-state index contributed by atoms with van der Waals surface area (Å²) in [4.78, 5) is 25.9. The first-order valence-corrected chi connectivity index (χ1v) is 9.59. The van der Waals surface area contributed by atoms with Crippen LogP contribution < -0.4 is 5.32 Å². The van der Waals surface area contributed by atoms with E-state index in [9.17, 15) is 14.7 Å². The molecule has 1 fully saturated rings. The van der Waals surface area contributed by atoms with Crippen molar-refractivity contribution in [1.82, 2.24) is 10.2 Å². The van der Waals surface area contributed by atoms with Gasteiger partial charge in [0, 0.05) is 0 Å². The lowest BCUT2D eigenvalue weighted by atomic mass is 10.1. The summed E-state index contributed by atoms with van der Waals surface area (Å²) in [5.74, 6) is -0.143. The molecule has 1 heterocycles. The van der Waals surface area contributed by atoms with Crippen molar-refractivity contribution in [2.24, 2.45) is 0 Å². The van der Waals surface area contributed by atoms with Crippen LogP contribution in [0, 0.1) is 14.1 Å². The Morgan fingerprint density at radius 3 is 2.48 bits per heavy atom. The summed E-state index contributed by atoms with van der Waals surface area (Å²) in [6.45, 7) is 2.20. The summed E-state index contributed by atoms with van der Waals surface area (Å²) in [6.07, 6.45) is 1.63. The van der Waals surface area contributed by atoms with E-state index in [2.05, 4.69) is 5.32 Å². The molecule has 2 N–H and O–H groups in total. The number of nitrogens with one attached hydrogen (secondary N) is 1. The highest BCUT2D eigenvalue weighted by Crippen LogP contribution is 2.28. The molecule has 0 aromatic heterocycles. The third kappa shape index (κ3) is 3.97. The van der Waals surface area contributed by atoms with Gasteiger partial charge in [0.05, 0.1) is 13.7 Å². The predicted molar refractivity (Wildman–Crippen MR) is 112 cm³/mol. The number of hydrogen-bond acceptors (Lipinski definition) is 3. The van der Waals surface area contributed by atoms with Crippen LogP contribution in [0.25, 0.3) is 6.08 Å². The molecule has 0 unspecified atom stereocenters. The molecule has 0 spiro atoms. The van der Waals surface area contributed by atoms with Crippen LogP contribution >= 0.6 is 45.2 Å². The highest BCUT2D eigenvalue weighted by molar-refractivity contribution is 14.1. The molecular weight excluding hydrogens is 546 g/mol. The Kier molecular flexibility index (Phi) is 5.32. The van der Waals surface area contributed by atoms with Crippen LogP contribution in [-0.2, 0) is 11.3 Å². The molecule has 1 aliphatic rings. The molecule has 25 heavy (non-hydrogen) atoms. The average Bonchev–Trinajstić information content (AvgIpc) is 2.80. The number of urea groups is 1. The van der Waals surface area contributed by atoms with Crippen molar-refractivity contribution in [3.05, 3.63) is 65.9 Å². The molecule has 2 aromatic rings. The van der Waals surface area contributed by atoms with Gasteiger partial charge in [-0.05, 0) is 81.4 Å². The van der Waals surface area contributed by atoms with Crippen molar-refractivity contribution >= 4 is 63.2 Å². The summed E-state index contributed by atoms with van der Waals surface area (Å²) in [6, 6.07) is 10.8. The Bertz CT molecular complexity index is 886. The lowest BCUT2D eigenvalue weighted by Gasteiger charge is -2.12. The standard InChI is InChI=1S/C18H14I2N2O3/c1-10-3-2-4-11(5-10)9-22-17(24)15(21-18(22)25)8-12-6-13(19)16(23)14(20)7-12/h2-8,23H,9H2,1H3,(H,21,25)/b15-8+. The number of phenols is 1. The number of carbonyl (C=O) groups is 2. The minimum Gasteiger partial charge on any atom is -0.506 e. The van der Waals surface area contributed by atoms with Gasteiger partial charge in [0.1, 0.15) is 11.4 Å². The molecule has 0 radical (unpaired) electrons. The number of rotatable bonds is 3. The third-order valence-electron chi connectivity index (χ3n) is 3.74. The van der Waals surface area contributed by atoms with Gasteiger partial charge in [0.25, 0.3) is 5.91 Å². The number of hydrogen-bond donors (Lipinski definition) is 2. The van der Waals surface area contributed by atoms with E-state index in [4.69, 9.17) is 0 Å². The Morgan fingerprint density at radius 2 is 1.84 bits per heavy atom. The number of aryl methyl sites for hydroxylation is 1. The maximum Gasteiger partial charge on any atom is 0.329 e. The topological polar surface area (TPSA) is 69.6 Å². The molecule has 3 rings (SSSR count). The summed E-state index contributed by atoms with van der Waals surface area (Å²) >= 11 is 4.05. The Morgan fingerprint density at radius 1 is 1.16 bits per heavy atom. The van der Waals surface area contributed by atoms with Crippen molar-refractivity contribution in [3.63, 3.8) is 0 Å². The van der Waals surface area contributed by atoms with Crippen LogP contribution in [0.3, 0.4) is 0 Å². The highest BCUT2D eigenvalue weighted by atomic mass is 127. The van der Waals surface area contributed by atoms with Gasteiger partial charge in [-0.25, -0.2) is 4.79 Å². The fraction of sp³-hybridized carbons (Fsp3) is 0.111. The number of amides is 3. The summed E-state index contributed by atoms with van der Waals surface area (Å²) in [5.41, 5.74) is 2.95. The van der Waals surface area contributed by atoms with Gasteiger partial charge >= 0.3 is 6.03 Å². The van der Waals surface area contributed by atoms with Crippen molar-refractivity contribution in [1.29, 1.82) is 0 Å². The molecule has 0 aliphatic carbocycles. The number of imide groups is 1. The molecular formula is C18H14I2N2O3. The molecule has 1 saturated heterocycles. The fourth-order valence-corrected chi connectivity index (χ4v) is 4.36. The first-order valence-electron chi connectivity index (χ1n) is 7.43. The van der Waals surface area contributed by atoms with Crippen molar-refractivity contribution in [3.8, 4) is 5.75 Å². The van der Waals surface area contributed by atoms with E-state index in [0.29, 0.717) is 7.14 Å². The third-order valence-corrected chi connectivity index (χ3v) is 5.38. The quantitative estimate of drug-likeness (QED) is 0.339. The highest BCUT2D eigenvalue weighted by Gasteiger charge is 2.33. The van der Waals surface area contributed by atoms with Gasteiger partial charge in [0.2, 0.25) is 0 Å². The van der Waals surface area contributed by atoms with Gasteiger partial charge in [-0.3, -0.25) is 9.69 Å².